The number of methoxy groups -OCH3 is 1. The Labute approximate surface area is 188 Å². The van der Waals surface area contributed by atoms with Crippen LogP contribution < -0.4 is 14.2 Å². The molecule has 0 spiro atoms. The van der Waals surface area contributed by atoms with Gasteiger partial charge in [-0.25, -0.2) is 0 Å². The molecule has 0 aliphatic carbocycles. The molecule has 2 aromatic carbocycles. The Morgan fingerprint density at radius 2 is 1.73 bits per heavy atom. The van der Waals surface area contributed by atoms with Crippen LogP contribution in [0.2, 0.25) is 0 Å². The molecule has 180 valence electrons. The van der Waals surface area contributed by atoms with Crippen LogP contribution in [0.25, 0.3) is 0 Å². The molecule has 1 saturated heterocycles. The maximum Gasteiger partial charge on any atom is 0.229 e. The number of rotatable bonds is 5. The summed E-state index contributed by atoms with van der Waals surface area (Å²) in [4.78, 5) is 0. The van der Waals surface area contributed by atoms with Gasteiger partial charge in [0.05, 0.1) is 19.8 Å². The fourth-order valence-corrected chi connectivity index (χ4v) is 4.01. The maximum absolute atomic E-state index is 10.8. The van der Waals surface area contributed by atoms with Crippen LogP contribution in [0, 0.1) is 0 Å². The summed E-state index contributed by atoms with van der Waals surface area (Å²) in [6.07, 6.45) is -9.37. The van der Waals surface area contributed by atoms with Crippen LogP contribution in [-0.4, -0.2) is 86.3 Å². The van der Waals surface area contributed by atoms with Crippen molar-refractivity contribution in [3.05, 3.63) is 41.5 Å². The highest BCUT2D eigenvalue weighted by Gasteiger charge is 2.45. The predicted octanol–water partition coefficient (Wildman–Crippen LogP) is -0.678. The summed E-state index contributed by atoms with van der Waals surface area (Å²) in [5.74, 6) is 0.113. The summed E-state index contributed by atoms with van der Waals surface area (Å²) in [7, 11) is 1.41. The summed E-state index contributed by atoms with van der Waals surface area (Å²) < 4.78 is 22.0. The van der Waals surface area contributed by atoms with E-state index in [-0.39, 0.29) is 35.2 Å². The van der Waals surface area contributed by atoms with Crippen LogP contribution in [0.4, 0.5) is 0 Å². The molecule has 1 fully saturated rings. The van der Waals surface area contributed by atoms with E-state index in [0.29, 0.717) is 11.1 Å². The smallest absolute Gasteiger partial charge is 0.229 e. The lowest BCUT2D eigenvalue weighted by Crippen LogP contribution is -2.60. The van der Waals surface area contributed by atoms with Crippen LogP contribution in [0.3, 0.4) is 0 Å². The standard InChI is InChI=1S/C22H26O11/c1-30-14-3-2-9(4-12(14)25)21-13(26)7-11-15(31-21)5-10(24)6-16(11)32-22-20(29)19(28)18(27)17(8-23)33-22/h2-6,13,17-29H,7-8H2,1H3/t13-,17?,18+,19-,20?,21+,22+/m0/s1. The van der Waals surface area contributed by atoms with Crippen molar-refractivity contribution in [1.82, 2.24) is 0 Å². The van der Waals surface area contributed by atoms with Crippen molar-refractivity contribution in [3.63, 3.8) is 0 Å². The van der Waals surface area contributed by atoms with Crippen molar-refractivity contribution < 1.29 is 54.7 Å². The van der Waals surface area contributed by atoms with Crippen molar-refractivity contribution in [3.8, 4) is 28.7 Å². The quantitative estimate of drug-likeness (QED) is 0.297. The number of aliphatic hydroxyl groups is 5. The van der Waals surface area contributed by atoms with Gasteiger partial charge in [0, 0.05) is 24.1 Å². The molecule has 2 heterocycles. The Hall–Kier alpha value is -2.80. The number of ether oxygens (including phenoxy) is 4. The zero-order valence-corrected chi connectivity index (χ0v) is 17.6. The Morgan fingerprint density at radius 1 is 0.970 bits per heavy atom. The third kappa shape index (κ3) is 4.38. The minimum Gasteiger partial charge on any atom is -0.508 e. The van der Waals surface area contributed by atoms with Crippen molar-refractivity contribution in [1.29, 1.82) is 0 Å². The summed E-state index contributed by atoms with van der Waals surface area (Å²) in [6.45, 7) is -0.624. The number of benzene rings is 2. The average Bonchev–Trinajstić information content (AvgIpc) is 2.79. The van der Waals surface area contributed by atoms with Crippen molar-refractivity contribution in [2.45, 2.75) is 49.3 Å². The van der Waals surface area contributed by atoms with Crippen LogP contribution in [0.15, 0.2) is 30.3 Å². The molecule has 7 N–H and O–H groups in total. The first-order chi connectivity index (χ1) is 15.7. The molecule has 0 amide bonds. The SMILES string of the molecule is COc1ccc([C@H]2Oc3cc(O)cc(O[C@@H]4OC(CO)[C@@H](O)[C@H](O)C4O)c3C[C@@H]2O)cc1O. The van der Waals surface area contributed by atoms with Gasteiger partial charge in [-0.15, -0.1) is 0 Å². The molecule has 2 aromatic rings. The summed E-state index contributed by atoms with van der Waals surface area (Å²) in [5, 5.41) is 70.5. The van der Waals surface area contributed by atoms with Gasteiger partial charge in [-0.3, -0.25) is 0 Å². The predicted molar refractivity (Wildman–Crippen MR) is 110 cm³/mol. The molecule has 0 aromatic heterocycles. The van der Waals surface area contributed by atoms with Gasteiger partial charge in [0.2, 0.25) is 6.29 Å². The zero-order valence-electron chi connectivity index (χ0n) is 17.6. The number of aliphatic hydroxyl groups excluding tert-OH is 5. The first-order valence-corrected chi connectivity index (χ1v) is 10.3. The molecule has 2 aliphatic heterocycles. The normalized spacial score (nSPS) is 31.4. The fourth-order valence-electron chi connectivity index (χ4n) is 4.01. The largest absolute Gasteiger partial charge is 0.508 e. The Bertz CT molecular complexity index is 995. The Morgan fingerprint density at radius 3 is 2.39 bits per heavy atom. The van der Waals surface area contributed by atoms with E-state index in [0.717, 1.165) is 0 Å². The van der Waals surface area contributed by atoms with E-state index < -0.39 is 49.5 Å². The van der Waals surface area contributed by atoms with E-state index in [1.165, 1.54) is 31.4 Å². The fraction of sp³-hybridized carbons (Fsp3) is 0.455. The number of aromatic hydroxyl groups is 2. The number of fused-ring (bicyclic) bond motifs is 1. The topological polar surface area (TPSA) is 179 Å². The van der Waals surface area contributed by atoms with Gasteiger partial charge in [0.1, 0.15) is 47.8 Å². The first kappa shape index (κ1) is 23.4. The van der Waals surface area contributed by atoms with Gasteiger partial charge in [0.25, 0.3) is 0 Å². The van der Waals surface area contributed by atoms with E-state index in [1.807, 2.05) is 0 Å². The van der Waals surface area contributed by atoms with Crippen LogP contribution >= 0.6 is 0 Å². The van der Waals surface area contributed by atoms with E-state index in [1.54, 1.807) is 6.07 Å². The van der Waals surface area contributed by atoms with Crippen molar-refractivity contribution in [2.75, 3.05) is 13.7 Å². The van der Waals surface area contributed by atoms with Gasteiger partial charge >= 0.3 is 0 Å². The monoisotopic (exact) mass is 466 g/mol. The van der Waals surface area contributed by atoms with Gasteiger partial charge < -0.3 is 54.7 Å². The lowest BCUT2D eigenvalue weighted by molar-refractivity contribution is -0.277. The van der Waals surface area contributed by atoms with Gasteiger partial charge in [-0.05, 0) is 17.7 Å². The minimum atomic E-state index is -1.65. The summed E-state index contributed by atoms with van der Waals surface area (Å²) in [6, 6.07) is 7.14. The van der Waals surface area contributed by atoms with E-state index >= 15 is 0 Å². The summed E-state index contributed by atoms with van der Waals surface area (Å²) >= 11 is 0. The molecule has 2 unspecified atom stereocenters. The highest BCUT2D eigenvalue weighted by Crippen LogP contribution is 2.44. The van der Waals surface area contributed by atoms with Gasteiger partial charge in [0.15, 0.2) is 11.5 Å². The molecule has 2 aliphatic rings. The van der Waals surface area contributed by atoms with E-state index in [4.69, 9.17) is 18.9 Å². The second-order valence-corrected chi connectivity index (χ2v) is 7.98. The molecule has 4 rings (SSSR count). The third-order valence-electron chi connectivity index (χ3n) is 5.79. The lowest BCUT2D eigenvalue weighted by Gasteiger charge is -2.40. The number of hydrogen-bond acceptors (Lipinski definition) is 11. The second-order valence-electron chi connectivity index (χ2n) is 7.98. The highest BCUT2D eigenvalue weighted by atomic mass is 16.7. The second kappa shape index (κ2) is 9.21. The van der Waals surface area contributed by atoms with Crippen molar-refractivity contribution in [2.24, 2.45) is 0 Å². The number of phenolic OH excluding ortho intramolecular Hbond substituents is 2. The molecular weight excluding hydrogens is 440 g/mol. The third-order valence-corrected chi connectivity index (χ3v) is 5.79. The maximum atomic E-state index is 10.8. The molecular formula is C22H26O11. The highest BCUT2D eigenvalue weighted by molar-refractivity contribution is 5.53. The Kier molecular flexibility index (Phi) is 6.52. The lowest BCUT2D eigenvalue weighted by atomic mass is 9.93. The van der Waals surface area contributed by atoms with Crippen LogP contribution in [0.5, 0.6) is 28.7 Å². The van der Waals surface area contributed by atoms with E-state index in [2.05, 4.69) is 0 Å². The van der Waals surface area contributed by atoms with E-state index in [9.17, 15) is 35.7 Å². The molecule has 7 atom stereocenters. The molecule has 0 radical (unpaired) electrons. The van der Waals surface area contributed by atoms with Crippen LogP contribution in [-0.2, 0) is 11.2 Å². The molecule has 11 nitrogen and oxygen atoms in total. The number of hydrogen-bond donors (Lipinski definition) is 7. The molecule has 11 heteroatoms. The van der Waals surface area contributed by atoms with Crippen molar-refractivity contribution >= 4 is 0 Å². The number of phenols is 2. The Balaban J connectivity index is 1.61. The minimum absolute atomic E-state index is 0.0180. The molecule has 33 heavy (non-hydrogen) atoms. The summed E-state index contributed by atoms with van der Waals surface area (Å²) in [5.41, 5.74) is 0.845. The van der Waals surface area contributed by atoms with Gasteiger partial charge in [-0.2, -0.15) is 0 Å². The molecule has 0 saturated carbocycles. The zero-order chi connectivity index (χ0) is 23.9. The van der Waals surface area contributed by atoms with Crippen LogP contribution in [0.1, 0.15) is 17.2 Å². The van der Waals surface area contributed by atoms with Gasteiger partial charge in [-0.1, -0.05) is 6.07 Å². The average molecular weight is 466 g/mol. The first-order valence-electron chi connectivity index (χ1n) is 10.3. The molecule has 0 bridgehead atoms.